The molecule has 1 aliphatic heterocycles. The van der Waals surface area contributed by atoms with Crippen molar-refractivity contribution in [3.05, 3.63) is 48.0 Å². The number of imidazole rings is 1. The second kappa shape index (κ2) is 7.47. The molecule has 1 atom stereocenters. The van der Waals surface area contributed by atoms with E-state index in [0.29, 0.717) is 17.4 Å². The van der Waals surface area contributed by atoms with Crippen molar-refractivity contribution >= 4 is 39.9 Å². The molecule has 0 aliphatic carbocycles. The fourth-order valence-corrected chi connectivity index (χ4v) is 4.43. The third-order valence-corrected chi connectivity index (χ3v) is 6.14. The number of nitrogens with zero attached hydrogens (tertiary/aromatic N) is 4. The van der Waals surface area contributed by atoms with Gasteiger partial charge in [0.25, 0.3) is 0 Å². The number of likely N-dealkylation sites (N-methyl/N-ethyl adjacent to an activating group) is 1. The number of aliphatic carboxylic acids is 1. The number of benzene rings is 2. The summed E-state index contributed by atoms with van der Waals surface area (Å²) in [5.41, 5.74) is 4.32. The molecular weight excluding hydrogens is 416 g/mol. The Morgan fingerprint density at radius 3 is 2.84 bits per heavy atom. The number of H-pyrrole nitrogens is 1. The van der Waals surface area contributed by atoms with Crippen LogP contribution in [-0.2, 0) is 16.1 Å². The molecule has 0 saturated heterocycles. The quantitative estimate of drug-likeness (QED) is 0.451. The van der Waals surface area contributed by atoms with E-state index in [1.165, 1.54) is 16.2 Å². The molecule has 2 aromatic carbocycles. The number of carbonyl (C=O) groups is 2. The number of hydrogen-bond donors (Lipinski definition) is 3. The average Bonchev–Trinajstić information content (AvgIpc) is 3.38. The Morgan fingerprint density at radius 2 is 2.03 bits per heavy atom. The largest absolute Gasteiger partial charge is 0.481 e. The molecule has 10 heteroatoms. The summed E-state index contributed by atoms with van der Waals surface area (Å²) in [7, 11) is 1.67. The number of carboxylic acids is 1. The molecule has 2 aromatic heterocycles. The molecule has 3 heterocycles. The molecule has 0 fully saturated rings. The number of aromatic amines is 1. The maximum absolute atomic E-state index is 12.5. The molecule has 0 spiro atoms. The molecule has 156 valence electrons. The molecular formula is C21H18N6O3S. The van der Waals surface area contributed by atoms with Gasteiger partial charge in [-0.05, 0) is 35.9 Å². The van der Waals surface area contributed by atoms with Crippen molar-refractivity contribution < 1.29 is 14.7 Å². The van der Waals surface area contributed by atoms with Gasteiger partial charge in [0.15, 0.2) is 10.8 Å². The van der Waals surface area contributed by atoms with E-state index in [1.54, 1.807) is 7.05 Å². The van der Waals surface area contributed by atoms with Gasteiger partial charge in [0.2, 0.25) is 5.91 Å². The van der Waals surface area contributed by atoms with E-state index in [0.717, 1.165) is 32.9 Å². The van der Waals surface area contributed by atoms with Crippen LogP contribution in [0.5, 0.6) is 0 Å². The minimum Gasteiger partial charge on any atom is -0.481 e. The molecule has 0 radical (unpaired) electrons. The van der Waals surface area contributed by atoms with Crippen LogP contribution in [0.2, 0.25) is 0 Å². The monoisotopic (exact) mass is 434 g/mol. The van der Waals surface area contributed by atoms with Crippen LogP contribution in [0.4, 0.5) is 5.69 Å². The Hall–Kier alpha value is -3.79. The summed E-state index contributed by atoms with van der Waals surface area (Å²) in [4.78, 5) is 33.0. The van der Waals surface area contributed by atoms with Gasteiger partial charge in [-0.2, -0.15) is 0 Å². The number of para-hydroxylation sites is 2. The number of rotatable bonds is 4. The number of carboxylic acid groups (broad SMARTS) is 1. The normalized spacial score (nSPS) is 16.1. The van der Waals surface area contributed by atoms with Crippen LogP contribution < -0.4 is 5.32 Å². The minimum absolute atomic E-state index is 0.247. The van der Waals surface area contributed by atoms with Crippen molar-refractivity contribution in [2.75, 3.05) is 12.4 Å². The summed E-state index contributed by atoms with van der Waals surface area (Å²) in [5, 5.41) is 22.2. The molecule has 0 saturated carbocycles. The van der Waals surface area contributed by atoms with Crippen LogP contribution in [0.15, 0.2) is 42.5 Å². The maximum atomic E-state index is 12.5. The molecule has 1 aliphatic rings. The van der Waals surface area contributed by atoms with E-state index >= 15 is 0 Å². The van der Waals surface area contributed by atoms with Gasteiger partial charge in [-0.25, -0.2) is 4.98 Å². The highest BCUT2D eigenvalue weighted by Gasteiger charge is 2.29. The molecule has 1 amide bonds. The van der Waals surface area contributed by atoms with Gasteiger partial charge in [-0.3, -0.25) is 9.59 Å². The lowest BCUT2D eigenvalue weighted by Gasteiger charge is -2.19. The van der Waals surface area contributed by atoms with E-state index in [1.807, 2.05) is 42.5 Å². The Labute approximate surface area is 180 Å². The highest BCUT2D eigenvalue weighted by molar-refractivity contribution is 7.17. The van der Waals surface area contributed by atoms with Gasteiger partial charge in [0.1, 0.15) is 11.0 Å². The molecule has 31 heavy (non-hydrogen) atoms. The minimum atomic E-state index is -1.02. The van der Waals surface area contributed by atoms with Crippen molar-refractivity contribution in [3.8, 4) is 21.4 Å². The molecule has 1 unspecified atom stereocenters. The second-order valence-electron chi connectivity index (χ2n) is 7.38. The molecule has 4 aromatic rings. The van der Waals surface area contributed by atoms with Gasteiger partial charge in [-0.1, -0.05) is 23.5 Å². The van der Waals surface area contributed by atoms with Crippen LogP contribution in [0.1, 0.15) is 12.0 Å². The lowest BCUT2D eigenvalue weighted by molar-refractivity contribution is -0.141. The third-order valence-electron chi connectivity index (χ3n) is 5.16. The number of nitrogens with one attached hydrogen (secondary N) is 2. The first-order valence-electron chi connectivity index (χ1n) is 9.63. The second-order valence-corrected chi connectivity index (χ2v) is 8.35. The smallest absolute Gasteiger partial charge is 0.305 e. The Morgan fingerprint density at radius 1 is 1.23 bits per heavy atom. The predicted molar refractivity (Wildman–Crippen MR) is 117 cm³/mol. The SMILES string of the molecule is CN1Cc2cc(-c3nnc(-c4nc5ccccc5[nH]4)s3)ccc2NC(CC(=O)O)C1=O. The highest BCUT2D eigenvalue weighted by atomic mass is 32.1. The summed E-state index contributed by atoms with van der Waals surface area (Å²) in [6, 6.07) is 12.7. The Kier molecular flexibility index (Phi) is 4.63. The van der Waals surface area contributed by atoms with E-state index in [2.05, 4.69) is 25.5 Å². The first-order chi connectivity index (χ1) is 15.0. The summed E-state index contributed by atoms with van der Waals surface area (Å²) in [5.74, 6) is -0.599. The lowest BCUT2D eigenvalue weighted by atomic mass is 10.1. The molecule has 9 nitrogen and oxygen atoms in total. The Bertz CT molecular complexity index is 1280. The van der Waals surface area contributed by atoms with Gasteiger partial charge in [0.05, 0.1) is 17.5 Å². The van der Waals surface area contributed by atoms with Crippen molar-refractivity contribution in [2.24, 2.45) is 0 Å². The first-order valence-corrected chi connectivity index (χ1v) is 10.4. The Balaban J connectivity index is 1.46. The van der Waals surface area contributed by atoms with E-state index in [-0.39, 0.29) is 12.3 Å². The molecule has 0 bridgehead atoms. The first kappa shape index (κ1) is 19.2. The average molecular weight is 434 g/mol. The van der Waals surface area contributed by atoms with Crippen LogP contribution in [0.25, 0.3) is 32.4 Å². The van der Waals surface area contributed by atoms with Crippen LogP contribution in [0, 0.1) is 0 Å². The maximum Gasteiger partial charge on any atom is 0.305 e. The van der Waals surface area contributed by atoms with Crippen LogP contribution in [-0.4, -0.2) is 55.1 Å². The van der Waals surface area contributed by atoms with Gasteiger partial charge >= 0.3 is 5.97 Å². The summed E-state index contributed by atoms with van der Waals surface area (Å²) in [6.45, 7) is 0.375. The topological polar surface area (TPSA) is 124 Å². The van der Waals surface area contributed by atoms with Gasteiger partial charge in [0, 0.05) is 24.8 Å². The number of amides is 1. The summed E-state index contributed by atoms with van der Waals surface area (Å²) >= 11 is 1.43. The zero-order valence-corrected chi connectivity index (χ0v) is 17.3. The van der Waals surface area contributed by atoms with E-state index in [9.17, 15) is 9.59 Å². The fourth-order valence-electron chi connectivity index (χ4n) is 3.65. The van der Waals surface area contributed by atoms with Crippen LogP contribution >= 0.6 is 11.3 Å². The van der Waals surface area contributed by atoms with Gasteiger partial charge < -0.3 is 20.3 Å². The fraction of sp³-hybridized carbons (Fsp3) is 0.190. The van der Waals surface area contributed by atoms with Crippen LogP contribution in [0.3, 0.4) is 0 Å². The third kappa shape index (κ3) is 3.61. The van der Waals surface area contributed by atoms with Gasteiger partial charge in [-0.15, -0.1) is 10.2 Å². The zero-order chi connectivity index (χ0) is 21.5. The predicted octanol–water partition coefficient (Wildman–Crippen LogP) is 2.98. The van der Waals surface area contributed by atoms with Crippen molar-refractivity contribution in [1.82, 2.24) is 25.1 Å². The summed E-state index contributed by atoms with van der Waals surface area (Å²) < 4.78 is 0. The standard InChI is InChI=1S/C21H18N6O3S/c1-27-10-12-8-11(6-7-13(12)22-16(21(27)30)9-17(28)29)19-25-26-20(31-19)18-23-14-4-2-3-5-15(14)24-18/h2-8,16,22H,9-10H2,1H3,(H,23,24)(H,28,29). The van der Waals surface area contributed by atoms with Crippen molar-refractivity contribution in [1.29, 1.82) is 0 Å². The molecule has 3 N–H and O–H groups in total. The highest BCUT2D eigenvalue weighted by Crippen LogP contribution is 2.33. The number of hydrogen-bond acceptors (Lipinski definition) is 7. The summed E-state index contributed by atoms with van der Waals surface area (Å²) in [6.07, 6.45) is -0.276. The lowest BCUT2D eigenvalue weighted by Crippen LogP contribution is -2.39. The number of anilines is 1. The molecule has 5 rings (SSSR count). The number of aromatic nitrogens is 4. The number of carbonyl (C=O) groups excluding carboxylic acids is 1. The van der Waals surface area contributed by atoms with Crippen molar-refractivity contribution in [3.63, 3.8) is 0 Å². The zero-order valence-electron chi connectivity index (χ0n) is 16.5. The van der Waals surface area contributed by atoms with E-state index in [4.69, 9.17) is 5.11 Å². The van der Waals surface area contributed by atoms with Crippen molar-refractivity contribution in [2.45, 2.75) is 19.0 Å². The number of fused-ring (bicyclic) bond motifs is 2. The van der Waals surface area contributed by atoms with E-state index < -0.39 is 12.0 Å².